The Morgan fingerprint density at radius 1 is 0.481 bits per heavy atom. The number of hydrogen-bond acceptors (Lipinski definition) is 10. The molecule has 1 rings (SSSR count). The fourth-order valence-corrected chi connectivity index (χ4v) is 10.7. The quantitative estimate of drug-likeness (QED) is 0.0195. The molecule has 0 spiro atoms. The molecule has 11 nitrogen and oxygen atoms in total. The van der Waals surface area contributed by atoms with Crippen molar-refractivity contribution in [1.29, 1.82) is 0 Å². The zero-order chi connectivity index (χ0) is 58.9. The molecule has 1 amide bonds. The lowest BCUT2D eigenvalue weighted by Gasteiger charge is -2.41. The summed E-state index contributed by atoms with van der Waals surface area (Å²) in [5.41, 5.74) is 0. The number of unbranched alkanes of at least 4 members (excludes halogenated alkanes) is 39. The third-order valence-corrected chi connectivity index (χ3v) is 16.2. The number of carbonyl (C=O) groups excluding carboxylic acids is 2. The molecule has 474 valence electrons. The third-order valence-electron chi connectivity index (χ3n) is 16.2. The third kappa shape index (κ3) is 45.6. The second-order valence-electron chi connectivity index (χ2n) is 23.9. The lowest BCUT2D eigenvalue weighted by molar-refractivity contribution is -0.305. The lowest BCUT2D eigenvalue weighted by atomic mass is 9.99. The smallest absolute Gasteiger partial charge is 0.306 e. The van der Waals surface area contributed by atoms with E-state index >= 15 is 0 Å². The van der Waals surface area contributed by atoms with Crippen molar-refractivity contribution in [1.82, 2.24) is 5.32 Å². The van der Waals surface area contributed by atoms with Crippen molar-refractivity contribution < 1.29 is 49.3 Å². The molecular weight excluding hydrogens is 1010 g/mol. The zero-order valence-corrected chi connectivity index (χ0v) is 52.7. The van der Waals surface area contributed by atoms with Crippen LogP contribution in [0.2, 0.25) is 0 Å². The molecule has 0 aromatic carbocycles. The van der Waals surface area contributed by atoms with E-state index < -0.39 is 67.4 Å². The van der Waals surface area contributed by atoms with Crippen LogP contribution in [0.4, 0.5) is 0 Å². The monoisotopic (exact) mass is 1140 g/mol. The molecule has 6 N–H and O–H groups in total. The summed E-state index contributed by atoms with van der Waals surface area (Å²) in [5.74, 6) is -1.19. The summed E-state index contributed by atoms with van der Waals surface area (Å²) in [5, 5.41) is 57.2. The standard InChI is InChI=1S/C70H129NO10/c1-4-7-10-13-16-19-22-25-27-28-29-30-31-32-33-34-35-37-39-42-45-48-51-54-57-63(74)69(78)71-61(62(73)56-53-50-47-44-41-38-24-21-18-15-12-9-6-3)60-79-70-68(67(77)66(76)64(59-72)80-70)81-65(75)58-55-52-49-46-43-40-36-26-23-20-17-14-11-8-5-2/h16,19-20,23,25,27,53,56,61-64,66-68,70,72-74,76-77H,4-15,17-18,21-22,24,26,28-52,54-55,57-60H2,1-3H3,(H,71,78)/b19-16-,23-20-,27-25-,56-53+. The van der Waals surface area contributed by atoms with Gasteiger partial charge in [-0.3, -0.25) is 9.59 Å². The maximum absolute atomic E-state index is 13.5. The average Bonchev–Trinajstić information content (AvgIpc) is 3.46. The SMILES string of the molecule is CCCCC/C=C\C/C=C\CCCCCCCCCCCCCCCCC(O)C(=O)NC(COC1OC(CO)C(O)C(O)C1OC(=O)CCCCCCCCC/C=C\CCCCCC)C(O)/C=C/CCCCCCCCCCCCC. The van der Waals surface area contributed by atoms with Crippen molar-refractivity contribution in [2.45, 2.75) is 372 Å². The molecule has 0 radical (unpaired) electrons. The number of carbonyl (C=O) groups is 2. The fraction of sp³-hybridized carbons (Fsp3) is 0.857. The van der Waals surface area contributed by atoms with Gasteiger partial charge in [-0.1, -0.05) is 281 Å². The second kappa shape index (κ2) is 58.0. The Balaban J connectivity index is 2.60. The largest absolute Gasteiger partial charge is 0.454 e. The first kappa shape index (κ1) is 76.6. The maximum atomic E-state index is 13.5. The molecule has 0 saturated carbocycles. The number of allylic oxidation sites excluding steroid dienone is 7. The number of aliphatic hydroxyl groups is 5. The number of nitrogens with one attached hydrogen (secondary N) is 1. The van der Waals surface area contributed by atoms with Crippen LogP contribution >= 0.6 is 0 Å². The number of esters is 1. The van der Waals surface area contributed by atoms with E-state index in [0.717, 1.165) is 77.0 Å². The molecular formula is C70H129NO10. The first-order valence-corrected chi connectivity index (χ1v) is 34.4. The number of ether oxygens (including phenoxy) is 3. The molecule has 81 heavy (non-hydrogen) atoms. The van der Waals surface area contributed by atoms with E-state index in [2.05, 4.69) is 62.5 Å². The summed E-state index contributed by atoms with van der Waals surface area (Å²) in [7, 11) is 0. The maximum Gasteiger partial charge on any atom is 0.306 e. The van der Waals surface area contributed by atoms with Crippen LogP contribution in [0.3, 0.4) is 0 Å². The summed E-state index contributed by atoms with van der Waals surface area (Å²) < 4.78 is 17.7. The molecule has 8 atom stereocenters. The minimum absolute atomic E-state index is 0.120. The van der Waals surface area contributed by atoms with Gasteiger partial charge in [-0.05, 0) is 83.5 Å². The van der Waals surface area contributed by atoms with E-state index in [-0.39, 0.29) is 13.0 Å². The molecule has 1 aliphatic heterocycles. The van der Waals surface area contributed by atoms with Gasteiger partial charge in [-0.25, -0.2) is 0 Å². The summed E-state index contributed by atoms with van der Waals surface area (Å²) in [6.45, 7) is 5.79. The van der Waals surface area contributed by atoms with E-state index in [1.54, 1.807) is 6.08 Å². The highest BCUT2D eigenvalue weighted by molar-refractivity contribution is 5.80. The van der Waals surface area contributed by atoms with Gasteiger partial charge < -0.3 is 45.1 Å². The summed E-state index contributed by atoms with van der Waals surface area (Å²) in [6.07, 6.45) is 61.5. The van der Waals surface area contributed by atoms with Crippen LogP contribution in [-0.2, 0) is 23.8 Å². The predicted molar refractivity (Wildman–Crippen MR) is 338 cm³/mol. The molecule has 11 heteroatoms. The number of aliphatic hydroxyl groups excluding tert-OH is 5. The number of hydrogen-bond donors (Lipinski definition) is 6. The van der Waals surface area contributed by atoms with Gasteiger partial charge in [-0.15, -0.1) is 0 Å². The van der Waals surface area contributed by atoms with Gasteiger partial charge in [0.25, 0.3) is 0 Å². The van der Waals surface area contributed by atoms with Gasteiger partial charge in [-0.2, -0.15) is 0 Å². The van der Waals surface area contributed by atoms with Crippen molar-refractivity contribution in [3.63, 3.8) is 0 Å². The fourth-order valence-electron chi connectivity index (χ4n) is 10.7. The van der Waals surface area contributed by atoms with Gasteiger partial charge in [0.2, 0.25) is 5.91 Å². The highest BCUT2D eigenvalue weighted by atomic mass is 16.7. The molecule has 1 fully saturated rings. The molecule has 1 heterocycles. The molecule has 8 unspecified atom stereocenters. The van der Waals surface area contributed by atoms with Crippen molar-refractivity contribution in [2.24, 2.45) is 0 Å². The van der Waals surface area contributed by atoms with E-state index in [1.807, 2.05) is 6.08 Å². The topological polar surface area (TPSA) is 175 Å². The highest BCUT2D eigenvalue weighted by Crippen LogP contribution is 2.26. The van der Waals surface area contributed by atoms with Gasteiger partial charge in [0.1, 0.15) is 24.4 Å². The first-order valence-electron chi connectivity index (χ1n) is 34.4. The van der Waals surface area contributed by atoms with E-state index in [0.29, 0.717) is 19.3 Å². The molecule has 1 aliphatic rings. The Morgan fingerprint density at radius 2 is 0.852 bits per heavy atom. The van der Waals surface area contributed by atoms with Crippen molar-refractivity contribution in [2.75, 3.05) is 13.2 Å². The Morgan fingerprint density at radius 3 is 1.31 bits per heavy atom. The normalized spacial score (nSPS) is 18.9. The minimum atomic E-state index is -1.61. The summed E-state index contributed by atoms with van der Waals surface area (Å²) in [4.78, 5) is 26.6. The van der Waals surface area contributed by atoms with Crippen molar-refractivity contribution in [3.05, 3.63) is 48.6 Å². The van der Waals surface area contributed by atoms with Crippen LogP contribution in [0.1, 0.15) is 323 Å². The van der Waals surface area contributed by atoms with E-state index in [4.69, 9.17) is 14.2 Å². The molecule has 0 aliphatic carbocycles. The van der Waals surface area contributed by atoms with E-state index in [9.17, 15) is 35.1 Å². The average molecular weight is 1140 g/mol. The van der Waals surface area contributed by atoms with Crippen LogP contribution in [0, 0.1) is 0 Å². The van der Waals surface area contributed by atoms with Crippen LogP contribution in [0.15, 0.2) is 48.6 Å². The van der Waals surface area contributed by atoms with Crippen LogP contribution in [0.25, 0.3) is 0 Å². The Kier molecular flexibility index (Phi) is 54.9. The first-order chi connectivity index (χ1) is 39.7. The minimum Gasteiger partial charge on any atom is -0.454 e. The molecule has 1 saturated heterocycles. The Bertz CT molecular complexity index is 1500. The summed E-state index contributed by atoms with van der Waals surface area (Å²) in [6, 6.07) is -1.02. The van der Waals surface area contributed by atoms with Gasteiger partial charge in [0.05, 0.1) is 25.4 Å². The lowest BCUT2D eigenvalue weighted by Crippen LogP contribution is -2.61. The molecule has 0 aromatic rings. The second-order valence-corrected chi connectivity index (χ2v) is 23.9. The number of rotatable bonds is 59. The van der Waals surface area contributed by atoms with Gasteiger partial charge >= 0.3 is 5.97 Å². The Labute approximate surface area is 497 Å². The highest BCUT2D eigenvalue weighted by Gasteiger charge is 2.47. The Hall–Kier alpha value is -2.38. The van der Waals surface area contributed by atoms with Crippen LogP contribution in [-0.4, -0.2) is 99.6 Å². The zero-order valence-electron chi connectivity index (χ0n) is 52.7. The summed E-state index contributed by atoms with van der Waals surface area (Å²) >= 11 is 0. The van der Waals surface area contributed by atoms with Crippen LogP contribution in [0.5, 0.6) is 0 Å². The molecule has 0 bridgehead atoms. The molecule has 0 aromatic heterocycles. The van der Waals surface area contributed by atoms with Crippen molar-refractivity contribution >= 4 is 11.9 Å². The predicted octanol–water partition coefficient (Wildman–Crippen LogP) is 17.2. The van der Waals surface area contributed by atoms with E-state index in [1.165, 1.54) is 199 Å². The van der Waals surface area contributed by atoms with Crippen molar-refractivity contribution in [3.8, 4) is 0 Å². The van der Waals surface area contributed by atoms with Crippen LogP contribution < -0.4 is 5.32 Å². The number of amides is 1. The van der Waals surface area contributed by atoms with Gasteiger partial charge in [0, 0.05) is 6.42 Å². The van der Waals surface area contributed by atoms with Gasteiger partial charge in [0.15, 0.2) is 12.4 Å².